The third-order valence-corrected chi connectivity index (χ3v) is 6.05. The van der Waals surface area contributed by atoms with Gasteiger partial charge in [0.05, 0.1) is 47.3 Å². The number of H-pyrrole nitrogens is 1. The van der Waals surface area contributed by atoms with Gasteiger partial charge in [0.2, 0.25) is 5.91 Å². The van der Waals surface area contributed by atoms with Gasteiger partial charge in [-0.1, -0.05) is 41.4 Å². The predicted molar refractivity (Wildman–Crippen MR) is 119 cm³/mol. The molecule has 0 unspecified atom stereocenters. The smallest absolute Gasteiger partial charge is 0.238 e. The molecule has 2 aromatic carbocycles. The average molecular weight is 445 g/mol. The first kappa shape index (κ1) is 20.7. The summed E-state index contributed by atoms with van der Waals surface area (Å²) in [6.45, 7) is 1.08. The van der Waals surface area contributed by atoms with Gasteiger partial charge in [0, 0.05) is 5.56 Å². The minimum atomic E-state index is -0.134. The van der Waals surface area contributed by atoms with Crippen molar-refractivity contribution in [2.24, 2.45) is 0 Å². The Kier molecular flexibility index (Phi) is 6.27. The number of aromatic amines is 1. The van der Waals surface area contributed by atoms with Crippen molar-refractivity contribution in [2.45, 2.75) is 18.9 Å². The lowest BCUT2D eigenvalue weighted by atomic mass is 10.1. The zero-order valence-electron chi connectivity index (χ0n) is 16.5. The molecule has 0 spiro atoms. The normalized spacial score (nSPS) is 16.6. The molecule has 1 aliphatic heterocycles. The number of carbonyl (C=O) groups excluding carboxylic acids is 1. The van der Waals surface area contributed by atoms with Crippen LogP contribution in [0.2, 0.25) is 10.0 Å². The molecular formula is C22H22Cl2N4O2. The van der Waals surface area contributed by atoms with E-state index in [1.165, 1.54) is 0 Å². The SMILES string of the molecule is COc1cccc(-c2cnc([C@@H]3CCCN3CC(=O)Nc3cccc(Cl)c3Cl)[nH]2)c1. The highest BCUT2D eigenvalue weighted by molar-refractivity contribution is 6.44. The van der Waals surface area contributed by atoms with Crippen LogP contribution in [0.3, 0.4) is 0 Å². The van der Waals surface area contributed by atoms with E-state index < -0.39 is 0 Å². The summed E-state index contributed by atoms with van der Waals surface area (Å²) in [7, 11) is 1.65. The summed E-state index contributed by atoms with van der Waals surface area (Å²) in [5.41, 5.74) is 2.44. The Labute approximate surface area is 185 Å². The second-order valence-corrected chi connectivity index (χ2v) is 7.98. The molecule has 0 saturated carbocycles. The molecule has 1 amide bonds. The zero-order chi connectivity index (χ0) is 21.1. The Morgan fingerprint density at radius 3 is 2.97 bits per heavy atom. The van der Waals surface area contributed by atoms with Crippen LogP contribution in [-0.2, 0) is 4.79 Å². The molecule has 156 valence electrons. The van der Waals surface area contributed by atoms with Gasteiger partial charge in [-0.15, -0.1) is 0 Å². The molecule has 1 saturated heterocycles. The van der Waals surface area contributed by atoms with E-state index in [9.17, 15) is 4.79 Å². The van der Waals surface area contributed by atoms with E-state index in [4.69, 9.17) is 27.9 Å². The Bertz CT molecular complexity index is 1050. The molecule has 6 nitrogen and oxygen atoms in total. The van der Waals surface area contributed by atoms with Gasteiger partial charge in [0.25, 0.3) is 0 Å². The molecule has 1 aliphatic rings. The summed E-state index contributed by atoms with van der Waals surface area (Å²) in [4.78, 5) is 22.7. The van der Waals surface area contributed by atoms with Crippen LogP contribution in [-0.4, -0.2) is 41.0 Å². The van der Waals surface area contributed by atoms with Crippen LogP contribution < -0.4 is 10.1 Å². The van der Waals surface area contributed by atoms with Gasteiger partial charge in [-0.3, -0.25) is 9.69 Å². The minimum absolute atomic E-state index is 0.0601. The van der Waals surface area contributed by atoms with Crippen molar-refractivity contribution in [3.63, 3.8) is 0 Å². The van der Waals surface area contributed by atoms with E-state index in [0.29, 0.717) is 15.7 Å². The van der Waals surface area contributed by atoms with Gasteiger partial charge in [-0.25, -0.2) is 4.98 Å². The number of likely N-dealkylation sites (tertiary alicyclic amines) is 1. The first-order valence-corrected chi connectivity index (χ1v) is 10.5. The van der Waals surface area contributed by atoms with Crippen LogP contribution >= 0.6 is 23.2 Å². The van der Waals surface area contributed by atoms with Crippen molar-refractivity contribution >= 4 is 34.8 Å². The lowest BCUT2D eigenvalue weighted by Gasteiger charge is -2.22. The maximum Gasteiger partial charge on any atom is 0.238 e. The van der Waals surface area contributed by atoms with Crippen molar-refractivity contribution < 1.29 is 9.53 Å². The highest BCUT2D eigenvalue weighted by Gasteiger charge is 2.30. The Balaban J connectivity index is 1.45. The number of imidazole rings is 1. The fourth-order valence-corrected chi connectivity index (χ4v) is 4.09. The van der Waals surface area contributed by atoms with Gasteiger partial charge in [-0.2, -0.15) is 0 Å². The van der Waals surface area contributed by atoms with E-state index in [-0.39, 0.29) is 18.5 Å². The summed E-state index contributed by atoms with van der Waals surface area (Å²) < 4.78 is 5.30. The molecule has 2 heterocycles. The van der Waals surface area contributed by atoms with Crippen LogP contribution in [0.15, 0.2) is 48.7 Å². The van der Waals surface area contributed by atoms with Crippen molar-refractivity contribution in [2.75, 3.05) is 25.5 Å². The predicted octanol–water partition coefficient (Wildman–Crippen LogP) is 5.17. The number of rotatable bonds is 6. The fourth-order valence-electron chi connectivity index (χ4n) is 3.74. The molecule has 1 atom stereocenters. The highest BCUT2D eigenvalue weighted by Crippen LogP contribution is 2.33. The second kappa shape index (κ2) is 9.08. The number of hydrogen-bond acceptors (Lipinski definition) is 4. The molecule has 8 heteroatoms. The molecule has 1 fully saturated rings. The third kappa shape index (κ3) is 4.46. The van der Waals surface area contributed by atoms with Gasteiger partial charge in [-0.05, 0) is 43.7 Å². The fraction of sp³-hybridized carbons (Fsp3) is 0.273. The number of carbonyl (C=O) groups is 1. The second-order valence-electron chi connectivity index (χ2n) is 7.19. The van der Waals surface area contributed by atoms with E-state index in [1.807, 2.05) is 30.5 Å². The lowest BCUT2D eigenvalue weighted by Crippen LogP contribution is -2.33. The van der Waals surface area contributed by atoms with Crippen molar-refractivity contribution in [3.8, 4) is 17.0 Å². The summed E-state index contributed by atoms with van der Waals surface area (Å²) in [5, 5.41) is 3.61. The van der Waals surface area contributed by atoms with Crippen LogP contribution in [0.4, 0.5) is 5.69 Å². The topological polar surface area (TPSA) is 70.2 Å². The minimum Gasteiger partial charge on any atom is -0.497 e. The van der Waals surface area contributed by atoms with Crippen molar-refractivity contribution in [1.82, 2.24) is 14.9 Å². The number of hydrogen-bond donors (Lipinski definition) is 2. The maximum absolute atomic E-state index is 12.6. The number of aromatic nitrogens is 2. The molecular weight excluding hydrogens is 423 g/mol. The number of nitrogens with one attached hydrogen (secondary N) is 2. The first-order chi connectivity index (χ1) is 14.5. The molecule has 0 aliphatic carbocycles. The number of ether oxygens (including phenoxy) is 1. The summed E-state index contributed by atoms with van der Waals surface area (Å²) in [5.74, 6) is 1.52. The van der Waals surface area contributed by atoms with E-state index in [2.05, 4.69) is 20.2 Å². The molecule has 0 bridgehead atoms. The maximum atomic E-state index is 12.6. The summed E-state index contributed by atoms with van der Waals surface area (Å²) in [6, 6.07) is 13.1. The number of halogens is 2. The van der Waals surface area contributed by atoms with Crippen LogP contribution in [0.1, 0.15) is 24.7 Å². The number of methoxy groups -OCH3 is 1. The van der Waals surface area contributed by atoms with Crippen LogP contribution in [0.5, 0.6) is 5.75 Å². The van der Waals surface area contributed by atoms with Crippen molar-refractivity contribution in [1.29, 1.82) is 0 Å². The Hall–Kier alpha value is -2.54. The molecule has 2 N–H and O–H groups in total. The summed E-state index contributed by atoms with van der Waals surface area (Å²) in [6.07, 6.45) is 3.77. The molecule has 30 heavy (non-hydrogen) atoms. The van der Waals surface area contributed by atoms with Gasteiger partial charge in [0.1, 0.15) is 11.6 Å². The van der Waals surface area contributed by atoms with Gasteiger partial charge >= 0.3 is 0 Å². The number of anilines is 1. The van der Waals surface area contributed by atoms with Crippen LogP contribution in [0.25, 0.3) is 11.3 Å². The average Bonchev–Trinajstić information content (AvgIpc) is 3.41. The monoisotopic (exact) mass is 444 g/mol. The first-order valence-electron chi connectivity index (χ1n) is 9.72. The number of amides is 1. The zero-order valence-corrected chi connectivity index (χ0v) is 18.0. The van der Waals surface area contributed by atoms with Crippen LogP contribution in [0, 0.1) is 0 Å². The van der Waals surface area contributed by atoms with E-state index in [1.54, 1.807) is 25.3 Å². The van der Waals surface area contributed by atoms with Gasteiger partial charge < -0.3 is 15.0 Å². The Morgan fingerprint density at radius 1 is 1.30 bits per heavy atom. The standard InChI is InChI=1S/C22H22Cl2N4O2/c1-30-15-6-2-5-14(11-15)18-12-25-22(27-18)19-9-4-10-28(19)13-20(29)26-17-8-3-7-16(23)21(17)24/h2-3,5-8,11-12,19H,4,9-10,13H2,1H3,(H,25,27)(H,26,29)/t19-/m0/s1. The van der Waals surface area contributed by atoms with E-state index in [0.717, 1.165) is 42.2 Å². The summed E-state index contributed by atoms with van der Waals surface area (Å²) >= 11 is 12.2. The highest BCUT2D eigenvalue weighted by atomic mass is 35.5. The molecule has 1 aromatic heterocycles. The Morgan fingerprint density at radius 2 is 2.13 bits per heavy atom. The lowest BCUT2D eigenvalue weighted by molar-refractivity contribution is -0.117. The molecule has 4 rings (SSSR count). The van der Waals surface area contributed by atoms with E-state index >= 15 is 0 Å². The number of nitrogens with zero attached hydrogens (tertiary/aromatic N) is 2. The van der Waals surface area contributed by atoms with Crippen molar-refractivity contribution in [3.05, 3.63) is 64.5 Å². The number of benzene rings is 2. The largest absolute Gasteiger partial charge is 0.497 e. The quantitative estimate of drug-likeness (QED) is 0.550. The third-order valence-electron chi connectivity index (χ3n) is 5.23. The molecule has 3 aromatic rings. The van der Waals surface area contributed by atoms with Gasteiger partial charge in [0.15, 0.2) is 0 Å². The molecule has 0 radical (unpaired) electrons.